The fraction of sp³-hybridized carbons (Fsp3) is 0.423. The summed E-state index contributed by atoms with van der Waals surface area (Å²) >= 11 is 1.57. The maximum atomic E-state index is 14.1. The highest BCUT2D eigenvalue weighted by Crippen LogP contribution is 2.43. The van der Waals surface area contributed by atoms with Crippen LogP contribution in [0.15, 0.2) is 84.5 Å². The van der Waals surface area contributed by atoms with E-state index in [4.69, 9.17) is 9.72 Å². The molecule has 3 aromatic carbocycles. The van der Waals surface area contributed by atoms with Crippen LogP contribution in [0.1, 0.15) is 104 Å². The first kappa shape index (κ1) is 49.7. The van der Waals surface area contributed by atoms with E-state index in [-0.39, 0.29) is 69.0 Å². The summed E-state index contributed by atoms with van der Waals surface area (Å²) in [7, 11) is 1.74. The van der Waals surface area contributed by atoms with E-state index >= 15 is 0 Å². The number of aliphatic hydroxyl groups is 1. The second kappa shape index (κ2) is 21.5. The summed E-state index contributed by atoms with van der Waals surface area (Å²) in [6.45, 7) is 9.69. The molecule has 1 aliphatic carbocycles. The van der Waals surface area contributed by atoms with Crippen molar-refractivity contribution in [2.24, 2.45) is 5.41 Å². The normalized spacial score (nSPS) is 17.9. The Hall–Kier alpha value is -6.76. The number of thiazole rings is 1. The molecule has 70 heavy (non-hydrogen) atoms. The van der Waals surface area contributed by atoms with Gasteiger partial charge >= 0.3 is 0 Å². The van der Waals surface area contributed by atoms with Crippen LogP contribution in [0.25, 0.3) is 10.4 Å². The second-order valence-corrected chi connectivity index (χ2v) is 20.1. The number of amides is 5. The number of nitrogens with zero attached hydrogens (tertiary/aromatic N) is 6. The molecule has 5 aromatic rings. The summed E-state index contributed by atoms with van der Waals surface area (Å²) in [4.78, 5) is 87.6. The van der Waals surface area contributed by atoms with Crippen molar-refractivity contribution in [3.05, 3.63) is 107 Å². The van der Waals surface area contributed by atoms with Gasteiger partial charge in [0.15, 0.2) is 5.82 Å². The molecule has 368 valence electrons. The van der Waals surface area contributed by atoms with Crippen molar-refractivity contribution < 1.29 is 33.8 Å². The Morgan fingerprint density at radius 2 is 1.66 bits per heavy atom. The topological polar surface area (TPSA) is 211 Å². The van der Waals surface area contributed by atoms with Crippen molar-refractivity contribution in [1.29, 1.82) is 0 Å². The standard InChI is InChI=1S/C52H62N10O7S/c1-31(33-15-17-34(18-16-33)44-32(2)55-30-70-44)56-48(66)41-27-38(63)29-61(41)50(68)45(52(3,4)5)58-43(64)23-25-69-26-24-53-47(65)35-19-21-36(22-20-35)57-51-54-28-42-46(59-51)62(37-11-7-8-12-37)40-14-10-9-13-39(40)49(67)60(42)6/h9-10,13-22,28,30-31,37-38,41,45,63H,7-8,11-12,23-27,29H2,1-6H3,(H,53,65)(H,56,66)(H,58,64)(H,54,57,59)/t31-,38+,41-,45+/m0/s1. The maximum absolute atomic E-state index is 14.1. The molecule has 1 saturated heterocycles. The van der Waals surface area contributed by atoms with Gasteiger partial charge < -0.3 is 45.8 Å². The minimum atomic E-state index is -0.976. The van der Waals surface area contributed by atoms with Gasteiger partial charge in [-0.2, -0.15) is 4.98 Å². The predicted molar refractivity (Wildman–Crippen MR) is 269 cm³/mol. The number of anilines is 5. The number of carbonyl (C=O) groups excluding carboxylic acids is 5. The van der Waals surface area contributed by atoms with E-state index in [0.29, 0.717) is 34.3 Å². The largest absolute Gasteiger partial charge is 0.391 e. The number of aryl methyl sites for hydroxylation is 1. The van der Waals surface area contributed by atoms with Crippen LogP contribution in [0.5, 0.6) is 0 Å². The van der Waals surface area contributed by atoms with Gasteiger partial charge in [0, 0.05) is 50.3 Å². The average Bonchev–Trinajstić information content (AvgIpc) is 4.12. The van der Waals surface area contributed by atoms with Gasteiger partial charge in [0.25, 0.3) is 11.8 Å². The summed E-state index contributed by atoms with van der Waals surface area (Å²) in [5.41, 5.74) is 7.18. The SMILES string of the molecule is Cc1ncsc1-c1ccc([C@H](C)NC(=O)[C@@H]2C[C@@H](O)CN2C(=O)[C@@H](NC(=O)CCOCCNC(=O)c2ccc(Nc3ncc4c(n3)N(C3CCCC3)c3ccccc3C(=O)N4C)cc2)C(C)(C)C)cc1. The molecule has 2 fully saturated rings. The average molecular weight is 971 g/mol. The fourth-order valence-electron chi connectivity index (χ4n) is 9.33. The molecule has 3 aliphatic rings. The third-order valence-electron chi connectivity index (χ3n) is 13.2. The van der Waals surface area contributed by atoms with Crippen LogP contribution in [0, 0.1) is 12.3 Å². The van der Waals surface area contributed by atoms with Gasteiger partial charge in [-0.1, -0.05) is 70.0 Å². The zero-order valence-corrected chi connectivity index (χ0v) is 41.3. The monoisotopic (exact) mass is 970 g/mol. The van der Waals surface area contributed by atoms with E-state index in [9.17, 15) is 29.1 Å². The summed E-state index contributed by atoms with van der Waals surface area (Å²) < 4.78 is 5.68. The van der Waals surface area contributed by atoms with Crippen molar-refractivity contribution in [2.45, 2.75) is 103 Å². The molecule has 0 bridgehead atoms. The molecule has 0 unspecified atom stereocenters. The van der Waals surface area contributed by atoms with Gasteiger partial charge in [0.2, 0.25) is 23.7 Å². The van der Waals surface area contributed by atoms with E-state index in [0.717, 1.165) is 53.1 Å². The van der Waals surface area contributed by atoms with Crippen molar-refractivity contribution in [3.63, 3.8) is 0 Å². The highest BCUT2D eigenvalue weighted by molar-refractivity contribution is 7.13. The number of carbonyl (C=O) groups is 5. The lowest BCUT2D eigenvalue weighted by atomic mass is 9.85. The lowest BCUT2D eigenvalue weighted by molar-refractivity contribution is -0.144. The first-order valence-electron chi connectivity index (χ1n) is 23.9. The number of benzene rings is 3. The molecule has 5 amide bonds. The number of aliphatic hydroxyl groups excluding tert-OH is 1. The number of aromatic nitrogens is 3. The highest BCUT2D eigenvalue weighted by Gasteiger charge is 2.45. The Morgan fingerprint density at radius 1 is 0.929 bits per heavy atom. The quantitative estimate of drug-likeness (QED) is 0.0645. The first-order valence-corrected chi connectivity index (χ1v) is 24.8. The Bertz CT molecular complexity index is 2700. The maximum Gasteiger partial charge on any atom is 0.260 e. The molecule has 2 aromatic heterocycles. The number of hydrogen-bond donors (Lipinski definition) is 5. The first-order chi connectivity index (χ1) is 33.6. The van der Waals surface area contributed by atoms with E-state index in [1.807, 2.05) is 88.7 Å². The number of β-amino-alcohol motifs (C(OH)–C–C–N with tert-alkyl or cyclic N) is 1. The summed E-state index contributed by atoms with van der Waals surface area (Å²) in [6, 6.07) is 20.4. The number of para-hydroxylation sites is 1. The van der Waals surface area contributed by atoms with Crippen LogP contribution in [0.4, 0.5) is 28.8 Å². The molecule has 0 spiro atoms. The molecule has 4 heterocycles. The second-order valence-electron chi connectivity index (χ2n) is 19.3. The van der Waals surface area contributed by atoms with Crippen LogP contribution >= 0.6 is 11.3 Å². The molecule has 0 radical (unpaired) electrons. The van der Waals surface area contributed by atoms with Gasteiger partial charge in [-0.15, -0.1) is 11.3 Å². The Morgan fingerprint density at radius 3 is 2.36 bits per heavy atom. The van der Waals surface area contributed by atoms with Gasteiger partial charge in [-0.25, -0.2) is 9.97 Å². The number of likely N-dealkylation sites (tertiary alicyclic amines) is 1. The minimum Gasteiger partial charge on any atom is -0.391 e. The summed E-state index contributed by atoms with van der Waals surface area (Å²) in [6.07, 6.45) is 5.03. The Labute approximate surface area is 412 Å². The molecular formula is C52H62N10O7S. The third kappa shape index (κ3) is 11.1. The Balaban J connectivity index is 0.790. The molecular weight excluding hydrogens is 909 g/mol. The van der Waals surface area contributed by atoms with Crippen LogP contribution in [0.2, 0.25) is 0 Å². The van der Waals surface area contributed by atoms with Crippen LogP contribution < -0.4 is 31.1 Å². The number of ether oxygens (including phenoxy) is 1. The van der Waals surface area contributed by atoms with E-state index in [1.165, 1.54) is 4.90 Å². The third-order valence-corrected chi connectivity index (χ3v) is 14.2. The van der Waals surface area contributed by atoms with Crippen molar-refractivity contribution in [2.75, 3.05) is 48.5 Å². The lowest BCUT2D eigenvalue weighted by Crippen LogP contribution is -2.58. The predicted octanol–water partition coefficient (Wildman–Crippen LogP) is 6.83. The van der Waals surface area contributed by atoms with Crippen LogP contribution in [0.3, 0.4) is 0 Å². The summed E-state index contributed by atoms with van der Waals surface area (Å²) in [5, 5.41) is 22.6. The molecule has 5 N–H and O–H groups in total. The molecule has 4 atom stereocenters. The van der Waals surface area contributed by atoms with Gasteiger partial charge in [0.05, 0.1) is 58.9 Å². The van der Waals surface area contributed by atoms with E-state index in [2.05, 4.69) is 36.1 Å². The van der Waals surface area contributed by atoms with Crippen LogP contribution in [-0.4, -0.2) is 112 Å². The number of fused-ring (bicyclic) bond motifs is 2. The van der Waals surface area contributed by atoms with Crippen molar-refractivity contribution in [1.82, 2.24) is 35.8 Å². The van der Waals surface area contributed by atoms with E-state index < -0.39 is 35.4 Å². The smallest absolute Gasteiger partial charge is 0.260 e. The lowest BCUT2D eigenvalue weighted by Gasteiger charge is -2.35. The fourth-order valence-corrected chi connectivity index (χ4v) is 10.1. The molecule has 8 rings (SSSR count). The number of hydrogen-bond acceptors (Lipinski definition) is 13. The van der Waals surface area contributed by atoms with Crippen molar-refractivity contribution >= 4 is 69.7 Å². The Kier molecular flexibility index (Phi) is 15.2. The van der Waals surface area contributed by atoms with Gasteiger partial charge in [-0.3, -0.25) is 24.0 Å². The van der Waals surface area contributed by atoms with Gasteiger partial charge in [-0.05, 0) is 79.6 Å². The molecule has 2 aliphatic heterocycles. The van der Waals surface area contributed by atoms with Gasteiger partial charge in [0.1, 0.15) is 17.8 Å². The zero-order chi connectivity index (χ0) is 49.7. The summed E-state index contributed by atoms with van der Waals surface area (Å²) in [5.74, 6) is -0.638. The molecule has 1 saturated carbocycles. The zero-order valence-electron chi connectivity index (χ0n) is 40.5. The molecule has 18 heteroatoms. The minimum absolute atomic E-state index is 0.0327. The number of nitrogens with one attached hydrogen (secondary N) is 4. The number of rotatable bonds is 16. The van der Waals surface area contributed by atoms with Crippen molar-refractivity contribution in [3.8, 4) is 10.4 Å². The van der Waals surface area contributed by atoms with Crippen LogP contribution in [-0.2, 0) is 19.1 Å². The highest BCUT2D eigenvalue weighted by atomic mass is 32.1. The molecule has 17 nitrogen and oxygen atoms in total. The van der Waals surface area contributed by atoms with E-state index in [1.54, 1.807) is 53.7 Å².